The quantitative estimate of drug-likeness (QED) is 0.451. The zero-order chi connectivity index (χ0) is 22.1. The van der Waals surface area contributed by atoms with Crippen molar-refractivity contribution in [3.05, 3.63) is 107 Å². The maximum absolute atomic E-state index is 17.0. The molecule has 3 aromatic rings. The first-order valence-electron chi connectivity index (χ1n) is 10.3. The number of esters is 1. The summed E-state index contributed by atoms with van der Waals surface area (Å²) >= 11 is 0. The van der Waals surface area contributed by atoms with E-state index in [4.69, 9.17) is 4.74 Å². The number of benzene rings is 3. The molecule has 0 spiro atoms. The van der Waals surface area contributed by atoms with E-state index in [9.17, 15) is 4.79 Å². The Morgan fingerprint density at radius 2 is 1.52 bits per heavy atom. The van der Waals surface area contributed by atoms with Gasteiger partial charge in [0.25, 0.3) is 0 Å². The number of aryl methyl sites for hydroxylation is 1. The van der Waals surface area contributed by atoms with Crippen LogP contribution in [-0.2, 0) is 21.6 Å². The number of nitrogens with one attached hydrogen (secondary N) is 1. The number of hydrogen-bond acceptors (Lipinski definition) is 3. The Hall–Kier alpha value is -3.42. The fourth-order valence-electron chi connectivity index (χ4n) is 3.39. The number of hydrogen-bond donors (Lipinski definition) is 1. The highest BCUT2D eigenvalue weighted by Gasteiger charge is 2.42. The van der Waals surface area contributed by atoms with Crippen molar-refractivity contribution in [3.63, 3.8) is 0 Å². The second-order valence-electron chi connectivity index (χ2n) is 7.15. The molecule has 3 aromatic carbocycles. The number of ether oxygens (including phenoxy) is 1. The Balaban J connectivity index is 2.07. The molecule has 0 aliphatic carbocycles. The Kier molecular flexibility index (Phi) is 7.59. The Morgan fingerprint density at radius 3 is 2.00 bits per heavy atom. The number of carbonyl (C=O) groups is 1. The lowest BCUT2D eigenvalue weighted by molar-refractivity contribution is -0.139. The third-order valence-electron chi connectivity index (χ3n) is 5.19. The Labute approximate surface area is 183 Å². The molecule has 0 fully saturated rings. The molecular weight excluding hydrogens is 389 g/mol. The third-order valence-corrected chi connectivity index (χ3v) is 5.19. The molecule has 0 bridgehead atoms. The van der Waals surface area contributed by atoms with Gasteiger partial charge in [-0.15, -0.1) is 0 Å². The van der Waals surface area contributed by atoms with Gasteiger partial charge in [0.15, 0.2) is 5.67 Å². The highest BCUT2D eigenvalue weighted by molar-refractivity contribution is 5.71. The van der Waals surface area contributed by atoms with Crippen LogP contribution >= 0.6 is 0 Å². The van der Waals surface area contributed by atoms with Crippen LogP contribution < -0.4 is 5.32 Å². The highest BCUT2D eigenvalue weighted by Crippen LogP contribution is 2.37. The summed E-state index contributed by atoms with van der Waals surface area (Å²) in [6.07, 6.45) is 0.937. The van der Waals surface area contributed by atoms with Crippen molar-refractivity contribution >= 4 is 5.97 Å². The van der Waals surface area contributed by atoms with Crippen molar-refractivity contribution in [3.8, 4) is 11.8 Å². The van der Waals surface area contributed by atoms with Crippen molar-refractivity contribution in [2.75, 3.05) is 13.7 Å². The largest absolute Gasteiger partial charge is 0.468 e. The molecule has 158 valence electrons. The van der Waals surface area contributed by atoms with E-state index in [1.807, 2.05) is 36.4 Å². The molecule has 1 unspecified atom stereocenters. The maximum Gasteiger partial charge on any atom is 0.319 e. The van der Waals surface area contributed by atoms with Crippen LogP contribution in [0, 0.1) is 11.8 Å². The smallest absolute Gasteiger partial charge is 0.319 e. The molecule has 31 heavy (non-hydrogen) atoms. The van der Waals surface area contributed by atoms with Gasteiger partial charge in [-0.1, -0.05) is 91.6 Å². The molecule has 0 aliphatic rings. The first-order valence-corrected chi connectivity index (χ1v) is 10.3. The lowest BCUT2D eigenvalue weighted by Crippen LogP contribution is -2.47. The molecule has 0 saturated heterocycles. The summed E-state index contributed by atoms with van der Waals surface area (Å²) in [4.78, 5) is 11.8. The summed E-state index contributed by atoms with van der Waals surface area (Å²) in [6, 6.07) is 24.7. The Morgan fingerprint density at radius 1 is 0.968 bits per heavy atom. The molecule has 0 radical (unpaired) electrons. The first kappa shape index (κ1) is 22.3. The fraction of sp³-hybridized carbons (Fsp3) is 0.222. The minimum Gasteiger partial charge on any atom is -0.468 e. The fourth-order valence-corrected chi connectivity index (χ4v) is 3.39. The van der Waals surface area contributed by atoms with Crippen LogP contribution in [0.25, 0.3) is 0 Å². The van der Waals surface area contributed by atoms with Crippen molar-refractivity contribution < 1.29 is 13.9 Å². The number of methoxy groups -OCH3 is 1. The molecule has 0 heterocycles. The first-order chi connectivity index (χ1) is 15.1. The molecule has 0 aromatic heterocycles. The van der Waals surface area contributed by atoms with Crippen LogP contribution in [0.15, 0.2) is 84.9 Å². The van der Waals surface area contributed by atoms with Gasteiger partial charge in [-0.2, -0.15) is 0 Å². The predicted molar refractivity (Wildman–Crippen MR) is 121 cm³/mol. The highest BCUT2D eigenvalue weighted by atomic mass is 19.1. The molecule has 0 amide bonds. The Bertz CT molecular complexity index is 998. The van der Waals surface area contributed by atoms with Gasteiger partial charge in [0, 0.05) is 5.56 Å². The molecule has 3 rings (SSSR count). The van der Waals surface area contributed by atoms with E-state index in [0.717, 1.165) is 12.0 Å². The van der Waals surface area contributed by atoms with Crippen molar-refractivity contribution in [2.24, 2.45) is 0 Å². The number of carbonyl (C=O) groups excluding carboxylic acids is 1. The maximum atomic E-state index is 17.0. The second kappa shape index (κ2) is 10.6. The van der Waals surface area contributed by atoms with Gasteiger partial charge < -0.3 is 4.74 Å². The summed E-state index contributed by atoms with van der Waals surface area (Å²) < 4.78 is 21.7. The number of rotatable bonds is 7. The van der Waals surface area contributed by atoms with Crippen LogP contribution in [0.3, 0.4) is 0 Å². The molecule has 0 aliphatic heterocycles. The van der Waals surface area contributed by atoms with Crippen LogP contribution in [0.4, 0.5) is 4.39 Å². The normalized spacial score (nSPS) is 11.8. The van der Waals surface area contributed by atoms with Crippen molar-refractivity contribution in [2.45, 2.75) is 25.1 Å². The zero-order valence-electron chi connectivity index (χ0n) is 17.8. The molecule has 1 N–H and O–H groups in total. The third kappa shape index (κ3) is 5.39. The van der Waals surface area contributed by atoms with Crippen molar-refractivity contribution in [1.29, 1.82) is 0 Å². The van der Waals surface area contributed by atoms with Gasteiger partial charge in [0.1, 0.15) is 6.04 Å². The summed E-state index contributed by atoms with van der Waals surface area (Å²) in [7, 11) is 1.30. The minimum absolute atomic E-state index is 0.157. The summed E-state index contributed by atoms with van der Waals surface area (Å²) in [5, 5.41) is 2.98. The van der Waals surface area contributed by atoms with Gasteiger partial charge in [-0.3, -0.25) is 10.1 Å². The number of halogens is 1. The van der Waals surface area contributed by atoms with E-state index >= 15 is 4.39 Å². The predicted octanol–water partition coefficient (Wildman–Crippen LogP) is 4.65. The summed E-state index contributed by atoms with van der Waals surface area (Å²) in [5.74, 6) is 5.64. The van der Waals surface area contributed by atoms with E-state index in [2.05, 4.69) is 24.1 Å². The lowest BCUT2D eigenvalue weighted by atomic mass is 9.81. The number of alkyl halides is 1. The van der Waals surface area contributed by atoms with Gasteiger partial charge in [-0.05, 0) is 35.2 Å². The SMILES string of the molecule is CCc1ccc(C#CC(NCC(=O)OC)C(F)(c2ccccc2)c2ccccc2)cc1. The van der Waals surface area contributed by atoms with Crippen LogP contribution in [0.2, 0.25) is 0 Å². The van der Waals surface area contributed by atoms with Gasteiger partial charge in [0.05, 0.1) is 13.7 Å². The van der Waals surface area contributed by atoms with Gasteiger partial charge in [0.2, 0.25) is 0 Å². The van der Waals surface area contributed by atoms with Crippen LogP contribution in [0.1, 0.15) is 29.2 Å². The monoisotopic (exact) mass is 415 g/mol. The average molecular weight is 416 g/mol. The second-order valence-corrected chi connectivity index (χ2v) is 7.15. The zero-order valence-corrected chi connectivity index (χ0v) is 17.8. The van der Waals surface area contributed by atoms with Crippen LogP contribution in [-0.4, -0.2) is 25.7 Å². The molecular formula is C27H26FNO2. The topological polar surface area (TPSA) is 38.3 Å². The van der Waals surface area contributed by atoms with E-state index in [0.29, 0.717) is 11.1 Å². The minimum atomic E-state index is -1.98. The average Bonchev–Trinajstić information content (AvgIpc) is 2.84. The van der Waals surface area contributed by atoms with Gasteiger partial charge >= 0.3 is 5.97 Å². The summed E-state index contributed by atoms with van der Waals surface area (Å²) in [6.45, 7) is 1.93. The molecule has 1 atom stereocenters. The molecule has 3 nitrogen and oxygen atoms in total. The molecule has 0 saturated carbocycles. The van der Waals surface area contributed by atoms with E-state index < -0.39 is 17.7 Å². The van der Waals surface area contributed by atoms with Crippen LogP contribution in [0.5, 0.6) is 0 Å². The summed E-state index contributed by atoms with van der Waals surface area (Å²) in [5.41, 5.74) is 0.927. The van der Waals surface area contributed by atoms with Crippen molar-refractivity contribution in [1.82, 2.24) is 5.32 Å². The standard InChI is InChI=1S/C27H26FNO2/c1-3-21-14-16-22(17-15-21)18-19-25(29-20-26(30)31-2)27(28,23-10-6-4-7-11-23)24-12-8-5-9-13-24/h4-17,25,29H,3,20H2,1-2H3. The van der Waals surface area contributed by atoms with E-state index in [-0.39, 0.29) is 6.54 Å². The molecule has 4 heteroatoms. The lowest BCUT2D eigenvalue weighted by Gasteiger charge is -2.32. The van der Waals surface area contributed by atoms with E-state index in [1.165, 1.54) is 12.7 Å². The van der Waals surface area contributed by atoms with Gasteiger partial charge in [-0.25, -0.2) is 4.39 Å². The van der Waals surface area contributed by atoms with E-state index in [1.54, 1.807) is 48.5 Å².